The van der Waals surface area contributed by atoms with E-state index in [0.29, 0.717) is 5.82 Å². The fourth-order valence-corrected chi connectivity index (χ4v) is 1.72. The Morgan fingerprint density at radius 3 is 2.53 bits per heavy atom. The van der Waals surface area contributed by atoms with Gasteiger partial charge in [0.05, 0.1) is 6.10 Å². The molecule has 0 aromatic carbocycles. The summed E-state index contributed by atoms with van der Waals surface area (Å²) >= 11 is 0. The monoisotopic (exact) mass is 245 g/mol. The molecule has 0 saturated carbocycles. The summed E-state index contributed by atoms with van der Waals surface area (Å²) in [4.78, 5) is 0. The standard InChI is InChI=1S/C10H10F3N3O/c1-5(17)7-3-4-16-6(2)14-15-9(16)8(7)10(11,12)13/h3-5,17H,1-2H3. The number of fused-ring (bicyclic) bond motifs is 1. The Hall–Kier alpha value is -1.63. The zero-order valence-electron chi connectivity index (χ0n) is 9.15. The van der Waals surface area contributed by atoms with Crippen molar-refractivity contribution >= 4 is 5.65 Å². The van der Waals surface area contributed by atoms with E-state index in [-0.39, 0.29) is 11.2 Å². The van der Waals surface area contributed by atoms with Crippen molar-refractivity contribution in [3.8, 4) is 0 Å². The first kappa shape index (κ1) is 11.8. The Balaban J connectivity index is 2.85. The number of aliphatic hydroxyl groups excluding tert-OH is 1. The van der Waals surface area contributed by atoms with Crippen molar-refractivity contribution in [2.45, 2.75) is 26.1 Å². The van der Waals surface area contributed by atoms with E-state index in [4.69, 9.17) is 0 Å². The van der Waals surface area contributed by atoms with E-state index in [9.17, 15) is 18.3 Å². The van der Waals surface area contributed by atoms with Crippen molar-refractivity contribution in [1.82, 2.24) is 14.6 Å². The average molecular weight is 245 g/mol. The van der Waals surface area contributed by atoms with E-state index in [2.05, 4.69) is 10.2 Å². The minimum atomic E-state index is -4.58. The number of hydrogen-bond donors (Lipinski definition) is 1. The summed E-state index contributed by atoms with van der Waals surface area (Å²) < 4.78 is 40.1. The molecule has 0 aliphatic heterocycles. The van der Waals surface area contributed by atoms with Gasteiger partial charge in [0.15, 0.2) is 5.65 Å². The van der Waals surface area contributed by atoms with Crippen molar-refractivity contribution < 1.29 is 18.3 Å². The molecule has 17 heavy (non-hydrogen) atoms. The first-order chi connectivity index (χ1) is 7.82. The molecule has 1 N–H and O–H groups in total. The highest BCUT2D eigenvalue weighted by Gasteiger charge is 2.38. The summed E-state index contributed by atoms with van der Waals surface area (Å²) in [5, 5.41) is 16.5. The number of alkyl halides is 3. The Morgan fingerprint density at radius 2 is 2.00 bits per heavy atom. The van der Waals surface area contributed by atoms with Crippen LogP contribution in [-0.4, -0.2) is 19.7 Å². The van der Waals surface area contributed by atoms with Gasteiger partial charge in [0.1, 0.15) is 11.4 Å². The fourth-order valence-electron chi connectivity index (χ4n) is 1.72. The molecule has 2 heterocycles. The number of nitrogens with zero attached hydrogens (tertiary/aromatic N) is 3. The van der Waals surface area contributed by atoms with Gasteiger partial charge in [-0.3, -0.25) is 4.40 Å². The van der Waals surface area contributed by atoms with Crippen LogP contribution in [0.15, 0.2) is 12.3 Å². The van der Waals surface area contributed by atoms with Crippen LogP contribution < -0.4 is 0 Å². The Kier molecular flexibility index (Phi) is 2.57. The quantitative estimate of drug-likeness (QED) is 0.837. The summed E-state index contributed by atoms with van der Waals surface area (Å²) in [7, 11) is 0. The Labute approximate surface area is 94.7 Å². The van der Waals surface area contributed by atoms with Crippen molar-refractivity contribution in [3.05, 3.63) is 29.2 Å². The topological polar surface area (TPSA) is 50.4 Å². The lowest BCUT2D eigenvalue weighted by Crippen LogP contribution is -2.13. The molecule has 92 valence electrons. The van der Waals surface area contributed by atoms with Gasteiger partial charge < -0.3 is 5.11 Å². The molecule has 0 aliphatic carbocycles. The Bertz CT molecular complexity index is 560. The summed E-state index contributed by atoms with van der Waals surface area (Å²) in [5.74, 6) is 0.364. The van der Waals surface area contributed by atoms with Crippen LogP contribution in [-0.2, 0) is 6.18 Å². The van der Waals surface area contributed by atoms with E-state index in [0.717, 1.165) is 0 Å². The van der Waals surface area contributed by atoms with Gasteiger partial charge in [-0.1, -0.05) is 0 Å². The number of aromatic nitrogens is 3. The molecule has 0 aliphatic rings. The lowest BCUT2D eigenvalue weighted by molar-refractivity contribution is -0.138. The van der Waals surface area contributed by atoms with Crippen molar-refractivity contribution in [1.29, 1.82) is 0 Å². The molecule has 1 atom stereocenters. The van der Waals surface area contributed by atoms with Crippen molar-refractivity contribution in [3.63, 3.8) is 0 Å². The third-order valence-corrected chi connectivity index (χ3v) is 2.52. The number of rotatable bonds is 1. The molecule has 0 radical (unpaired) electrons. The second-order valence-electron chi connectivity index (χ2n) is 3.76. The molecule has 1 unspecified atom stereocenters. The van der Waals surface area contributed by atoms with Gasteiger partial charge in [-0.2, -0.15) is 13.2 Å². The van der Waals surface area contributed by atoms with Crippen molar-refractivity contribution in [2.75, 3.05) is 0 Å². The largest absolute Gasteiger partial charge is 0.420 e. The molecule has 2 aromatic rings. The first-order valence-corrected chi connectivity index (χ1v) is 4.92. The molecule has 4 nitrogen and oxygen atoms in total. The van der Waals surface area contributed by atoms with Crippen LogP contribution in [0, 0.1) is 6.92 Å². The molecule has 0 amide bonds. The second-order valence-corrected chi connectivity index (χ2v) is 3.76. The molecular formula is C10H10F3N3O. The average Bonchev–Trinajstić information content (AvgIpc) is 2.57. The minimum absolute atomic E-state index is 0.197. The maximum absolute atomic E-state index is 13.0. The molecule has 2 rings (SSSR count). The molecule has 7 heteroatoms. The maximum Gasteiger partial charge on any atom is 0.420 e. The van der Waals surface area contributed by atoms with Crippen LogP contribution in [0.1, 0.15) is 30.0 Å². The van der Waals surface area contributed by atoms with Gasteiger partial charge >= 0.3 is 6.18 Å². The molecule has 0 spiro atoms. The molecule has 0 saturated heterocycles. The van der Waals surface area contributed by atoms with E-state index in [1.165, 1.54) is 23.6 Å². The zero-order valence-corrected chi connectivity index (χ0v) is 9.15. The number of hydrogen-bond acceptors (Lipinski definition) is 3. The highest BCUT2D eigenvalue weighted by atomic mass is 19.4. The van der Waals surface area contributed by atoms with Gasteiger partial charge in [-0.15, -0.1) is 10.2 Å². The van der Waals surface area contributed by atoms with Crippen molar-refractivity contribution in [2.24, 2.45) is 0 Å². The summed E-state index contributed by atoms with van der Waals surface area (Å²) in [6.45, 7) is 2.84. The minimum Gasteiger partial charge on any atom is -0.389 e. The number of pyridine rings is 1. The Morgan fingerprint density at radius 1 is 1.35 bits per heavy atom. The highest BCUT2D eigenvalue weighted by molar-refractivity contribution is 5.54. The molecule has 2 aromatic heterocycles. The van der Waals surface area contributed by atoms with E-state index in [1.54, 1.807) is 6.92 Å². The zero-order chi connectivity index (χ0) is 12.8. The van der Waals surface area contributed by atoms with Crippen LogP contribution >= 0.6 is 0 Å². The molecule has 0 bridgehead atoms. The highest BCUT2D eigenvalue weighted by Crippen LogP contribution is 2.37. The predicted molar refractivity (Wildman–Crippen MR) is 53.4 cm³/mol. The third-order valence-electron chi connectivity index (χ3n) is 2.52. The van der Waals surface area contributed by atoms with Gasteiger partial charge in [-0.05, 0) is 25.5 Å². The van der Waals surface area contributed by atoms with E-state index in [1.807, 2.05) is 0 Å². The van der Waals surface area contributed by atoms with Crippen LogP contribution in [0.4, 0.5) is 13.2 Å². The van der Waals surface area contributed by atoms with Gasteiger partial charge in [0.25, 0.3) is 0 Å². The number of aliphatic hydroxyl groups is 1. The number of halogens is 3. The van der Waals surface area contributed by atoms with Gasteiger partial charge in [-0.25, -0.2) is 0 Å². The second kappa shape index (κ2) is 3.69. The van der Waals surface area contributed by atoms with Crippen LogP contribution in [0.3, 0.4) is 0 Å². The normalized spacial score (nSPS) is 14.2. The first-order valence-electron chi connectivity index (χ1n) is 4.92. The third kappa shape index (κ3) is 1.86. The summed E-state index contributed by atoms with van der Waals surface area (Å²) in [6, 6.07) is 1.23. The lowest BCUT2D eigenvalue weighted by Gasteiger charge is -2.15. The van der Waals surface area contributed by atoms with E-state index >= 15 is 0 Å². The predicted octanol–water partition coefficient (Wildman–Crippen LogP) is 2.11. The van der Waals surface area contributed by atoms with Gasteiger partial charge in [0.2, 0.25) is 0 Å². The summed E-state index contributed by atoms with van der Waals surface area (Å²) in [6.07, 6.45) is -4.37. The smallest absolute Gasteiger partial charge is 0.389 e. The van der Waals surface area contributed by atoms with E-state index < -0.39 is 17.8 Å². The molecular weight excluding hydrogens is 235 g/mol. The fraction of sp³-hybridized carbons (Fsp3) is 0.400. The maximum atomic E-state index is 13.0. The van der Waals surface area contributed by atoms with Crippen LogP contribution in [0.5, 0.6) is 0 Å². The SMILES string of the molecule is Cc1nnc2c(C(F)(F)F)c(C(C)O)ccn12. The number of aryl methyl sites for hydroxylation is 1. The molecule has 0 fully saturated rings. The van der Waals surface area contributed by atoms with Gasteiger partial charge in [0, 0.05) is 6.20 Å². The van der Waals surface area contributed by atoms with Crippen LogP contribution in [0.25, 0.3) is 5.65 Å². The summed E-state index contributed by atoms with van der Waals surface area (Å²) in [5.41, 5.74) is -1.42. The van der Waals surface area contributed by atoms with Crippen LogP contribution in [0.2, 0.25) is 0 Å². The lowest BCUT2D eigenvalue weighted by atomic mass is 10.0.